The summed E-state index contributed by atoms with van der Waals surface area (Å²) in [6, 6.07) is 13.4. The van der Waals surface area contributed by atoms with Crippen LogP contribution < -0.4 is 15.2 Å². The van der Waals surface area contributed by atoms with Crippen LogP contribution in [0.4, 0.5) is 0 Å². The molecule has 106 valence electrons. The quantitative estimate of drug-likeness (QED) is 0.864. The second-order valence-electron chi connectivity index (χ2n) is 4.48. The minimum Gasteiger partial charge on any atom is -0.494 e. The smallest absolute Gasteiger partial charge is 0.131 e. The molecule has 0 aliphatic heterocycles. The zero-order valence-corrected chi connectivity index (χ0v) is 13.2. The molecule has 1 unspecified atom stereocenters. The van der Waals surface area contributed by atoms with E-state index in [0.29, 0.717) is 6.61 Å². The zero-order chi connectivity index (χ0) is 14.5. The lowest BCUT2D eigenvalue weighted by molar-refractivity contribution is 0.338. The van der Waals surface area contributed by atoms with Gasteiger partial charge in [-0.1, -0.05) is 28.1 Å². The van der Waals surface area contributed by atoms with E-state index in [-0.39, 0.29) is 6.04 Å². The Morgan fingerprint density at radius 3 is 2.45 bits per heavy atom. The van der Waals surface area contributed by atoms with E-state index in [0.717, 1.165) is 27.3 Å². The van der Waals surface area contributed by atoms with Crippen molar-refractivity contribution in [3.05, 3.63) is 52.5 Å². The largest absolute Gasteiger partial charge is 0.494 e. The molecule has 2 N–H and O–H groups in total. The van der Waals surface area contributed by atoms with Crippen LogP contribution >= 0.6 is 15.9 Å². The second kappa shape index (κ2) is 6.77. The first kappa shape index (κ1) is 14.9. The van der Waals surface area contributed by atoms with Gasteiger partial charge in [0.15, 0.2) is 0 Å². The Hall–Kier alpha value is -1.52. The zero-order valence-electron chi connectivity index (χ0n) is 11.6. The summed E-state index contributed by atoms with van der Waals surface area (Å²) >= 11 is 3.52. The Bertz CT molecular complexity index is 584. The highest BCUT2D eigenvalue weighted by Crippen LogP contribution is 2.30. The first-order valence-corrected chi connectivity index (χ1v) is 7.35. The van der Waals surface area contributed by atoms with Crippen LogP contribution in [-0.2, 0) is 0 Å². The van der Waals surface area contributed by atoms with E-state index in [1.54, 1.807) is 0 Å². The van der Waals surface area contributed by atoms with Crippen LogP contribution in [-0.4, -0.2) is 6.61 Å². The average molecular weight is 336 g/mol. The maximum absolute atomic E-state index is 5.88. The van der Waals surface area contributed by atoms with E-state index in [4.69, 9.17) is 15.2 Å². The van der Waals surface area contributed by atoms with Crippen LogP contribution in [0.15, 0.2) is 46.9 Å². The van der Waals surface area contributed by atoms with Gasteiger partial charge in [-0.15, -0.1) is 0 Å². The number of ether oxygens (including phenoxy) is 2. The molecular formula is C16H18BrNO2. The Morgan fingerprint density at radius 1 is 1.10 bits per heavy atom. The van der Waals surface area contributed by atoms with E-state index in [1.807, 2.05) is 56.3 Å². The summed E-state index contributed by atoms with van der Waals surface area (Å²) in [5.41, 5.74) is 6.94. The average Bonchev–Trinajstić information content (AvgIpc) is 2.39. The monoisotopic (exact) mass is 335 g/mol. The van der Waals surface area contributed by atoms with Crippen molar-refractivity contribution < 1.29 is 9.47 Å². The standard InChI is InChI=1S/C16H18BrNO2/c1-3-19-12-5-4-6-13(9-12)20-14-7-8-15(11(2)18)16(17)10-14/h4-11H,3,18H2,1-2H3. The van der Waals surface area contributed by atoms with Crippen LogP contribution in [0.25, 0.3) is 0 Å². The molecule has 0 spiro atoms. The lowest BCUT2D eigenvalue weighted by Gasteiger charge is -2.12. The predicted octanol–water partition coefficient (Wildman–Crippen LogP) is 4.66. The van der Waals surface area contributed by atoms with Crippen molar-refractivity contribution in [3.63, 3.8) is 0 Å². The van der Waals surface area contributed by atoms with E-state index in [1.165, 1.54) is 0 Å². The van der Waals surface area contributed by atoms with Crippen LogP contribution in [0.1, 0.15) is 25.5 Å². The van der Waals surface area contributed by atoms with E-state index < -0.39 is 0 Å². The Kier molecular flexibility index (Phi) is 5.04. The molecule has 0 aliphatic rings. The lowest BCUT2D eigenvalue weighted by atomic mass is 10.1. The van der Waals surface area contributed by atoms with Gasteiger partial charge in [0.05, 0.1) is 6.61 Å². The number of hydrogen-bond acceptors (Lipinski definition) is 3. The molecule has 0 aliphatic carbocycles. The molecule has 0 bridgehead atoms. The van der Waals surface area contributed by atoms with Crippen molar-refractivity contribution in [3.8, 4) is 17.2 Å². The minimum atomic E-state index is -0.0142. The first-order chi connectivity index (χ1) is 9.60. The SMILES string of the molecule is CCOc1cccc(Oc2ccc(C(C)N)c(Br)c2)c1. The van der Waals surface area contributed by atoms with Crippen LogP contribution in [0.3, 0.4) is 0 Å². The Labute approximate surface area is 127 Å². The minimum absolute atomic E-state index is 0.0142. The summed E-state index contributed by atoms with van der Waals surface area (Å²) in [5.74, 6) is 2.31. The maximum Gasteiger partial charge on any atom is 0.131 e. The van der Waals surface area contributed by atoms with Crippen molar-refractivity contribution in [1.29, 1.82) is 0 Å². The highest BCUT2D eigenvalue weighted by molar-refractivity contribution is 9.10. The second-order valence-corrected chi connectivity index (χ2v) is 5.34. The highest BCUT2D eigenvalue weighted by atomic mass is 79.9. The molecule has 0 aromatic heterocycles. The molecule has 2 aromatic carbocycles. The molecule has 0 saturated heterocycles. The third-order valence-electron chi connectivity index (χ3n) is 2.81. The molecule has 3 nitrogen and oxygen atoms in total. The number of halogens is 1. The third-order valence-corrected chi connectivity index (χ3v) is 3.50. The van der Waals surface area contributed by atoms with Crippen LogP contribution in [0, 0.1) is 0 Å². The first-order valence-electron chi connectivity index (χ1n) is 6.56. The summed E-state index contributed by atoms with van der Waals surface area (Å²) in [7, 11) is 0. The van der Waals surface area contributed by atoms with Crippen molar-refractivity contribution >= 4 is 15.9 Å². The topological polar surface area (TPSA) is 44.5 Å². The van der Waals surface area contributed by atoms with Crippen molar-refractivity contribution in [2.24, 2.45) is 5.73 Å². The molecule has 2 rings (SSSR count). The van der Waals surface area contributed by atoms with Gasteiger partial charge in [0, 0.05) is 16.6 Å². The van der Waals surface area contributed by atoms with Gasteiger partial charge in [-0.2, -0.15) is 0 Å². The molecule has 0 heterocycles. The van der Waals surface area contributed by atoms with Crippen molar-refractivity contribution in [2.75, 3.05) is 6.61 Å². The van der Waals surface area contributed by atoms with Gasteiger partial charge in [0.25, 0.3) is 0 Å². The molecular weight excluding hydrogens is 318 g/mol. The van der Waals surface area contributed by atoms with Crippen LogP contribution in [0.5, 0.6) is 17.2 Å². The number of benzene rings is 2. The molecule has 0 amide bonds. The summed E-state index contributed by atoms with van der Waals surface area (Å²) in [4.78, 5) is 0. The summed E-state index contributed by atoms with van der Waals surface area (Å²) in [5, 5.41) is 0. The van der Waals surface area contributed by atoms with Crippen molar-refractivity contribution in [2.45, 2.75) is 19.9 Å². The van der Waals surface area contributed by atoms with Gasteiger partial charge in [-0.05, 0) is 43.7 Å². The fourth-order valence-corrected chi connectivity index (χ4v) is 2.59. The van der Waals surface area contributed by atoms with Crippen molar-refractivity contribution in [1.82, 2.24) is 0 Å². The van der Waals surface area contributed by atoms with Gasteiger partial charge >= 0.3 is 0 Å². The van der Waals surface area contributed by atoms with E-state index in [2.05, 4.69) is 15.9 Å². The van der Waals surface area contributed by atoms with Gasteiger partial charge < -0.3 is 15.2 Å². The normalized spacial score (nSPS) is 12.0. The molecule has 2 aromatic rings. The molecule has 0 fully saturated rings. The molecule has 4 heteroatoms. The van der Waals surface area contributed by atoms with Gasteiger partial charge in [0.1, 0.15) is 17.2 Å². The third kappa shape index (κ3) is 3.74. The number of nitrogens with two attached hydrogens (primary N) is 1. The summed E-state index contributed by atoms with van der Waals surface area (Å²) in [6.07, 6.45) is 0. The van der Waals surface area contributed by atoms with Crippen LogP contribution in [0.2, 0.25) is 0 Å². The lowest BCUT2D eigenvalue weighted by Crippen LogP contribution is -2.05. The predicted molar refractivity (Wildman–Crippen MR) is 84.4 cm³/mol. The molecule has 0 radical (unpaired) electrons. The fourth-order valence-electron chi connectivity index (χ4n) is 1.87. The highest BCUT2D eigenvalue weighted by Gasteiger charge is 2.07. The van der Waals surface area contributed by atoms with Gasteiger partial charge in [-0.3, -0.25) is 0 Å². The number of rotatable bonds is 5. The van der Waals surface area contributed by atoms with E-state index >= 15 is 0 Å². The molecule has 20 heavy (non-hydrogen) atoms. The Balaban J connectivity index is 2.17. The number of hydrogen-bond donors (Lipinski definition) is 1. The van der Waals surface area contributed by atoms with E-state index in [9.17, 15) is 0 Å². The fraction of sp³-hybridized carbons (Fsp3) is 0.250. The summed E-state index contributed by atoms with van der Waals surface area (Å²) < 4.78 is 12.2. The summed E-state index contributed by atoms with van der Waals surface area (Å²) in [6.45, 7) is 4.54. The Morgan fingerprint density at radius 2 is 1.80 bits per heavy atom. The molecule has 0 saturated carbocycles. The maximum atomic E-state index is 5.88. The van der Waals surface area contributed by atoms with Gasteiger partial charge in [0.2, 0.25) is 0 Å². The molecule has 1 atom stereocenters. The van der Waals surface area contributed by atoms with Gasteiger partial charge in [-0.25, -0.2) is 0 Å².